The molecule has 1 aliphatic heterocycles. The van der Waals surface area contributed by atoms with Crippen LogP contribution in [0.25, 0.3) is 0 Å². The fourth-order valence-corrected chi connectivity index (χ4v) is 1.12. The van der Waals surface area contributed by atoms with Crippen LogP contribution in [0.15, 0.2) is 0 Å². The lowest BCUT2D eigenvalue weighted by molar-refractivity contribution is -0.276. The number of hydrogen-bond donors (Lipinski definition) is 1. The third-order valence-corrected chi connectivity index (χ3v) is 2.14. The first kappa shape index (κ1) is 12.7. The summed E-state index contributed by atoms with van der Waals surface area (Å²) in [6.45, 7) is -1.25. The molecule has 0 unspecified atom stereocenters. The summed E-state index contributed by atoms with van der Waals surface area (Å²) in [6, 6.07) is 0. The van der Waals surface area contributed by atoms with Crippen LogP contribution in [0.5, 0.6) is 0 Å². The van der Waals surface area contributed by atoms with Crippen molar-refractivity contribution >= 4 is 11.9 Å². The number of aliphatic carboxylic acids is 1. The Balaban J connectivity index is 2.65. The van der Waals surface area contributed by atoms with Gasteiger partial charge in [-0.2, -0.15) is 22.0 Å². The minimum Gasteiger partial charge on any atom is -0.481 e. The van der Waals surface area contributed by atoms with Gasteiger partial charge in [0.2, 0.25) is 0 Å². The van der Waals surface area contributed by atoms with Gasteiger partial charge in [-0.15, -0.1) is 0 Å². The van der Waals surface area contributed by atoms with Crippen LogP contribution >= 0.6 is 0 Å². The number of likely N-dealkylation sites (tertiary alicyclic amines) is 1. The molecule has 0 spiro atoms. The lowest BCUT2D eigenvalue weighted by Crippen LogP contribution is -2.60. The van der Waals surface area contributed by atoms with Gasteiger partial charge in [-0.25, -0.2) is 0 Å². The van der Waals surface area contributed by atoms with Crippen LogP contribution in [-0.2, 0) is 9.59 Å². The van der Waals surface area contributed by atoms with Gasteiger partial charge in [-0.05, 0) is 0 Å². The number of halogens is 5. The number of amides is 1. The molecule has 1 rings (SSSR count). The number of carbonyl (C=O) groups excluding carboxylic acids is 1. The van der Waals surface area contributed by atoms with Crippen molar-refractivity contribution in [1.82, 2.24) is 4.90 Å². The number of carbonyl (C=O) groups is 2. The highest BCUT2D eigenvalue weighted by Crippen LogP contribution is 2.38. The predicted octanol–water partition coefficient (Wildman–Crippen LogP) is 0.727. The average Bonchev–Trinajstić information content (AvgIpc) is 1.97. The van der Waals surface area contributed by atoms with Gasteiger partial charge >= 0.3 is 24.0 Å². The van der Waals surface area contributed by atoms with Gasteiger partial charge in [0.25, 0.3) is 0 Å². The molecule has 9 heteroatoms. The SMILES string of the molecule is O=C(O)C1CN(C(=O)C(F)(F)C(F)(F)F)C1. The molecular weight excluding hydrogens is 241 g/mol. The van der Waals surface area contributed by atoms with E-state index in [9.17, 15) is 31.5 Å². The maximum absolute atomic E-state index is 12.5. The monoisotopic (exact) mass is 247 g/mol. The van der Waals surface area contributed by atoms with Gasteiger partial charge in [0.05, 0.1) is 5.92 Å². The zero-order valence-electron chi connectivity index (χ0n) is 7.59. The van der Waals surface area contributed by atoms with Crippen molar-refractivity contribution in [1.29, 1.82) is 0 Å². The summed E-state index contributed by atoms with van der Waals surface area (Å²) in [5.41, 5.74) is 0. The van der Waals surface area contributed by atoms with Crippen molar-refractivity contribution in [2.24, 2.45) is 5.92 Å². The zero-order valence-corrected chi connectivity index (χ0v) is 7.59. The Labute approximate surface area is 85.6 Å². The summed E-state index contributed by atoms with van der Waals surface area (Å²) in [4.78, 5) is 21.1. The molecule has 1 fully saturated rings. The van der Waals surface area contributed by atoms with Crippen molar-refractivity contribution < 1.29 is 36.6 Å². The number of carboxylic acid groups (broad SMARTS) is 1. The van der Waals surface area contributed by atoms with Crippen LogP contribution in [0.3, 0.4) is 0 Å². The molecule has 0 atom stereocenters. The van der Waals surface area contributed by atoms with Crippen LogP contribution < -0.4 is 0 Å². The molecule has 0 bridgehead atoms. The molecule has 0 aromatic heterocycles. The van der Waals surface area contributed by atoms with E-state index in [-0.39, 0.29) is 4.90 Å². The first-order chi connectivity index (χ1) is 7.07. The summed E-state index contributed by atoms with van der Waals surface area (Å²) in [7, 11) is 0. The summed E-state index contributed by atoms with van der Waals surface area (Å²) in [5, 5.41) is 8.35. The lowest BCUT2D eigenvalue weighted by atomic mass is 9.99. The highest BCUT2D eigenvalue weighted by atomic mass is 19.4. The second-order valence-electron chi connectivity index (χ2n) is 3.32. The van der Waals surface area contributed by atoms with Crippen molar-refractivity contribution in [2.75, 3.05) is 13.1 Å². The molecule has 1 amide bonds. The first-order valence-corrected chi connectivity index (χ1v) is 4.04. The molecule has 0 saturated carbocycles. The first-order valence-electron chi connectivity index (χ1n) is 4.04. The number of hydrogen-bond acceptors (Lipinski definition) is 2. The number of nitrogens with zero attached hydrogens (tertiary/aromatic N) is 1. The molecule has 0 aromatic rings. The summed E-state index contributed by atoms with van der Waals surface area (Å²) >= 11 is 0. The normalized spacial score (nSPS) is 18.2. The Morgan fingerprint density at radius 2 is 1.56 bits per heavy atom. The van der Waals surface area contributed by atoms with Gasteiger partial charge in [0.1, 0.15) is 0 Å². The summed E-state index contributed by atoms with van der Waals surface area (Å²) in [6.07, 6.45) is -5.96. The summed E-state index contributed by atoms with van der Waals surface area (Å²) < 4.78 is 60.2. The number of rotatable bonds is 2. The van der Waals surface area contributed by atoms with E-state index in [0.717, 1.165) is 0 Å². The van der Waals surface area contributed by atoms with E-state index in [2.05, 4.69) is 0 Å². The number of carboxylic acids is 1. The molecule has 0 aliphatic carbocycles. The average molecular weight is 247 g/mol. The smallest absolute Gasteiger partial charge is 0.463 e. The largest absolute Gasteiger partial charge is 0.481 e. The Kier molecular flexibility index (Phi) is 2.82. The molecule has 0 radical (unpaired) electrons. The third-order valence-electron chi connectivity index (χ3n) is 2.14. The van der Waals surface area contributed by atoms with Gasteiger partial charge in [0.15, 0.2) is 0 Å². The maximum atomic E-state index is 12.5. The zero-order chi connectivity index (χ0) is 12.7. The summed E-state index contributed by atoms with van der Waals surface area (Å²) in [5.74, 6) is -10.3. The van der Waals surface area contributed by atoms with E-state index < -0.39 is 43.0 Å². The lowest BCUT2D eigenvalue weighted by Gasteiger charge is -2.38. The van der Waals surface area contributed by atoms with Crippen LogP contribution in [0.2, 0.25) is 0 Å². The van der Waals surface area contributed by atoms with Crippen LogP contribution in [0, 0.1) is 5.92 Å². The molecule has 16 heavy (non-hydrogen) atoms. The molecule has 92 valence electrons. The van der Waals surface area contributed by atoms with E-state index in [4.69, 9.17) is 5.11 Å². The molecule has 1 aliphatic rings. The Morgan fingerprint density at radius 1 is 1.12 bits per heavy atom. The molecule has 1 heterocycles. The van der Waals surface area contributed by atoms with Crippen LogP contribution in [0.4, 0.5) is 22.0 Å². The topological polar surface area (TPSA) is 57.6 Å². The highest BCUT2D eigenvalue weighted by molar-refractivity contribution is 5.87. The minimum absolute atomic E-state index is 0.173. The van der Waals surface area contributed by atoms with Gasteiger partial charge in [-0.3, -0.25) is 9.59 Å². The maximum Gasteiger partial charge on any atom is 0.463 e. The van der Waals surface area contributed by atoms with Crippen molar-refractivity contribution in [2.45, 2.75) is 12.1 Å². The molecule has 1 saturated heterocycles. The van der Waals surface area contributed by atoms with E-state index in [0.29, 0.717) is 0 Å². The Hall–Kier alpha value is -1.41. The third kappa shape index (κ3) is 1.93. The second kappa shape index (κ2) is 3.56. The predicted molar refractivity (Wildman–Crippen MR) is 38.7 cm³/mol. The molecule has 0 aromatic carbocycles. The van der Waals surface area contributed by atoms with Crippen LogP contribution in [0.1, 0.15) is 0 Å². The molecule has 1 N–H and O–H groups in total. The van der Waals surface area contributed by atoms with Crippen LogP contribution in [-0.4, -0.2) is 47.1 Å². The standard InChI is InChI=1S/C7H6F5NO3/c8-6(9,7(10,11)12)5(16)13-1-3(2-13)4(14)15/h3H,1-2H2,(H,14,15). The van der Waals surface area contributed by atoms with E-state index in [1.54, 1.807) is 0 Å². The quantitative estimate of drug-likeness (QED) is 0.732. The van der Waals surface area contributed by atoms with Gasteiger partial charge < -0.3 is 10.0 Å². The van der Waals surface area contributed by atoms with Crippen molar-refractivity contribution in [3.8, 4) is 0 Å². The Bertz CT molecular complexity index is 320. The molecular formula is C7H6F5NO3. The second-order valence-corrected chi connectivity index (χ2v) is 3.32. The van der Waals surface area contributed by atoms with Gasteiger partial charge in [0, 0.05) is 13.1 Å². The van der Waals surface area contributed by atoms with Gasteiger partial charge in [-0.1, -0.05) is 0 Å². The van der Waals surface area contributed by atoms with E-state index in [1.165, 1.54) is 0 Å². The fraction of sp³-hybridized carbons (Fsp3) is 0.714. The van der Waals surface area contributed by atoms with Crippen molar-refractivity contribution in [3.05, 3.63) is 0 Å². The number of alkyl halides is 5. The van der Waals surface area contributed by atoms with Crippen molar-refractivity contribution in [3.63, 3.8) is 0 Å². The minimum atomic E-state index is -5.96. The van der Waals surface area contributed by atoms with E-state index >= 15 is 0 Å². The molecule has 4 nitrogen and oxygen atoms in total. The van der Waals surface area contributed by atoms with E-state index in [1.807, 2.05) is 0 Å². The highest BCUT2D eigenvalue weighted by Gasteiger charge is 2.65. The Morgan fingerprint density at radius 3 is 1.88 bits per heavy atom. The fourth-order valence-electron chi connectivity index (χ4n) is 1.12.